The maximum atomic E-state index is 12.0. The van der Waals surface area contributed by atoms with E-state index in [-0.39, 0.29) is 31.4 Å². The monoisotopic (exact) mass is 354 g/mol. The first-order valence-corrected chi connectivity index (χ1v) is 8.28. The molecule has 0 heterocycles. The molecule has 0 bridgehead atoms. The largest absolute Gasteiger partial charge is 0.454 e. The van der Waals surface area contributed by atoms with Gasteiger partial charge in [-0.3, -0.25) is 14.4 Å². The lowest BCUT2D eigenvalue weighted by Gasteiger charge is -2.17. The van der Waals surface area contributed by atoms with Crippen LogP contribution in [-0.4, -0.2) is 42.9 Å². The van der Waals surface area contributed by atoms with E-state index in [1.54, 1.807) is 7.05 Å². The number of ether oxygens (including phenoxy) is 1. The standard InChI is InChI=1S/C20H22N2O4/c1-22(14-17-10-6-3-7-11-17)19(24)15-26-20(25)13-21-18(23)12-16-8-4-2-5-9-16/h2-11H,12-15H2,1H3,(H,21,23). The average molecular weight is 354 g/mol. The second-order valence-corrected chi connectivity index (χ2v) is 5.84. The Kier molecular flexibility index (Phi) is 7.36. The topological polar surface area (TPSA) is 75.7 Å². The molecule has 2 aromatic carbocycles. The Morgan fingerprint density at radius 3 is 2.12 bits per heavy atom. The van der Waals surface area contributed by atoms with E-state index >= 15 is 0 Å². The van der Waals surface area contributed by atoms with Crippen LogP contribution in [0.5, 0.6) is 0 Å². The van der Waals surface area contributed by atoms with Gasteiger partial charge in [0, 0.05) is 13.6 Å². The van der Waals surface area contributed by atoms with E-state index in [0.717, 1.165) is 11.1 Å². The second kappa shape index (κ2) is 9.98. The minimum absolute atomic E-state index is 0.187. The number of amides is 2. The summed E-state index contributed by atoms with van der Waals surface area (Å²) < 4.78 is 4.92. The van der Waals surface area contributed by atoms with E-state index in [4.69, 9.17) is 4.74 Å². The third-order valence-electron chi connectivity index (χ3n) is 3.68. The molecule has 0 saturated heterocycles. The maximum Gasteiger partial charge on any atom is 0.325 e. The molecule has 2 amide bonds. The van der Waals surface area contributed by atoms with Crippen LogP contribution in [0, 0.1) is 0 Å². The normalized spacial score (nSPS) is 10.0. The average Bonchev–Trinajstić information content (AvgIpc) is 2.66. The van der Waals surface area contributed by atoms with Crippen molar-refractivity contribution in [2.45, 2.75) is 13.0 Å². The molecule has 0 unspecified atom stereocenters. The van der Waals surface area contributed by atoms with Crippen molar-refractivity contribution in [3.63, 3.8) is 0 Å². The highest BCUT2D eigenvalue weighted by Gasteiger charge is 2.13. The lowest BCUT2D eigenvalue weighted by Crippen LogP contribution is -2.35. The summed E-state index contributed by atoms with van der Waals surface area (Å²) in [5.74, 6) is -1.23. The third kappa shape index (κ3) is 6.76. The molecule has 136 valence electrons. The molecule has 0 aliphatic rings. The highest BCUT2D eigenvalue weighted by atomic mass is 16.5. The van der Waals surface area contributed by atoms with Gasteiger partial charge in [-0.2, -0.15) is 0 Å². The number of benzene rings is 2. The summed E-state index contributed by atoms with van der Waals surface area (Å²) in [5.41, 5.74) is 1.85. The van der Waals surface area contributed by atoms with Gasteiger partial charge in [-0.15, -0.1) is 0 Å². The first-order valence-electron chi connectivity index (χ1n) is 8.28. The van der Waals surface area contributed by atoms with Gasteiger partial charge < -0.3 is 15.0 Å². The number of nitrogens with zero attached hydrogens (tertiary/aromatic N) is 1. The Bertz CT molecular complexity index is 732. The van der Waals surface area contributed by atoms with Crippen LogP contribution < -0.4 is 5.32 Å². The van der Waals surface area contributed by atoms with E-state index in [1.807, 2.05) is 60.7 Å². The SMILES string of the molecule is CN(Cc1ccccc1)C(=O)COC(=O)CNC(=O)Cc1ccccc1. The van der Waals surface area contributed by atoms with Crippen molar-refractivity contribution in [1.82, 2.24) is 10.2 Å². The van der Waals surface area contributed by atoms with E-state index < -0.39 is 5.97 Å². The minimum Gasteiger partial charge on any atom is -0.454 e. The summed E-state index contributed by atoms with van der Waals surface area (Å²) in [4.78, 5) is 36.9. The molecule has 6 heteroatoms. The van der Waals surface area contributed by atoms with E-state index in [0.29, 0.717) is 6.54 Å². The summed E-state index contributed by atoms with van der Waals surface area (Å²) in [6.45, 7) is -0.177. The molecule has 0 fully saturated rings. The third-order valence-corrected chi connectivity index (χ3v) is 3.68. The number of likely N-dealkylation sites (N-methyl/N-ethyl adjacent to an activating group) is 1. The number of carbonyl (C=O) groups excluding carboxylic acids is 3. The number of hydrogen-bond donors (Lipinski definition) is 1. The summed E-state index contributed by atoms with van der Waals surface area (Å²) >= 11 is 0. The number of hydrogen-bond acceptors (Lipinski definition) is 4. The first kappa shape index (κ1) is 19.2. The maximum absolute atomic E-state index is 12.0. The molecule has 0 saturated carbocycles. The van der Waals surface area contributed by atoms with E-state index in [1.165, 1.54) is 4.90 Å². The Morgan fingerprint density at radius 2 is 1.50 bits per heavy atom. The van der Waals surface area contributed by atoms with Crippen molar-refractivity contribution in [1.29, 1.82) is 0 Å². The van der Waals surface area contributed by atoms with Crippen LogP contribution in [0.3, 0.4) is 0 Å². The highest BCUT2D eigenvalue weighted by molar-refractivity contribution is 5.85. The predicted octanol–water partition coefficient (Wildman–Crippen LogP) is 1.55. The summed E-state index contributed by atoms with van der Waals surface area (Å²) in [6, 6.07) is 18.7. The number of carbonyl (C=O) groups is 3. The van der Waals surface area contributed by atoms with Crippen LogP contribution in [0.4, 0.5) is 0 Å². The molecule has 0 aliphatic carbocycles. The van der Waals surface area contributed by atoms with Crippen LogP contribution in [-0.2, 0) is 32.1 Å². The van der Waals surface area contributed by atoms with Crippen LogP contribution in [0.1, 0.15) is 11.1 Å². The molecular weight excluding hydrogens is 332 g/mol. The van der Waals surface area contributed by atoms with Crippen molar-refractivity contribution in [2.75, 3.05) is 20.2 Å². The molecule has 2 rings (SSSR count). The molecule has 0 aromatic heterocycles. The van der Waals surface area contributed by atoms with Gasteiger partial charge in [0.25, 0.3) is 5.91 Å². The molecule has 0 radical (unpaired) electrons. The smallest absolute Gasteiger partial charge is 0.325 e. The highest BCUT2D eigenvalue weighted by Crippen LogP contribution is 2.03. The molecule has 26 heavy (non-hydrogen) atoms. The zero-order valence-electron chi connectivity index (χ0n) is 14.7. The van der Waals surface area contributed by atoms with Crippen molar-refractivity contribution in [3.05, 3.63) is 71.8 Å². The fraction of sp³-hybridized carbons (Fsp3) is 0.250. The van der Waals surface area contributed by atoms with Crippen LogP contribution in [0.2, 0.25) is 0 Å². The van der Waals surface area contributed by atoms with Gasteiger partial charge in [0.05, 0.1) is 6.42 Å². The molecule has 0 aliphatic heterocycles. The zero-order valence-corrected chi connectivity index (χ0v) is 14.7. The van der Waals surface area contributed by atoms with Crippen LogP contribution in [0.25, 0.3) is 0 Å². The molecule has 0 atom stereocenters. The van der Waals surface area contributed by atoms with E-state index in [9.17, 15) is 14.4 Å². The lowest BCUT2D eigenvalue weighted by molar-refractivity contribution is -0.151. The van der Waals surface area contributed by atoms with E-state index in [2.05, 4.69) is 5.32 Å². The summed E-state index contributed by atoms with van der Waals surface area (Å²) in [6.07, 6.45) is 0.187. The van der Waals surface area contributed by atoms with Gasteiger partial charge in [0.2, 0.25) is 5.91 Å². The van der Waals surface area contributed by atoms with Crippen molar-refractivity contribution in [2.24, 2.45) is 0 Å². The van der Waals surface area contributed by atoms with Gasteiger partial charge in [0.1, 0.15) is 6.54 Å². The quantitative estimate of drug-likeness (QED) is 0.730. The van der Waals surface area contributed by atoms with Crippen molar-refractivity contribution >= 4 is 17.8 Å². The molecule has 1 N–H and O–H groups in total. The fourth-order valence-electron chi connectivity index (χ4n) is 2.26. The molecule has 0 spiro atoms. The summed E-state index contributed by atoms with van der Waals surface area (Å²) in [7, 11) is 1.64. The van der Waals surface area contributed by atoms with Gasteiger partial charge in [-0.1, -0.05) is 60.7 Å². The first-order chi connectivity index (χ1) is 12.5. The van der Waals surface area contributed by atoms with Gasteiger partial charge >= 0.3 is 5.97 Å². The Hall–Kier alpha value is -3.15. The Labute approximate surface area is 152 Å². The zero-order chi connectivity index (χ0) is 18.8. The fourth-order valence-corrected chi connectivity index (χ4v) is 2.26. The second-order valence-electron chi connectivity index (χ2n) is 5.84. The number of nitrogens with one attached hydrogen (secondary N) is 1. The number of esters is 1. The minimum atomic E-state index is -0.645. The predicted molar refractivity (Wildman–Crippen MR) is 97.0 cm³/mol. The Balaban J connectivity index is 1.66. The van der Waals surface area contributed by atoms with Gasteiger partial charge in [-0.25, -0.2) is 0 Å². The van der Waals surface area contributed by atoms with Gasteiger partial charge in [-0.05, 0) is 11.1 Å². The van der Waals surface area contributed by atoms with Crippen LogP contribution in [0.15, 0.2) is 60.7 Å². The number of rotatable bonds is 8. The van der Waals surface area contributed by atoms with Crippen LogP contribution >= 0.6 is 0 Å². The summed E-state index contributed by atoms with van der Waals surface area (Å²) in [5, 5.41) is 2.49. The molecule has 2 aromatic rings. The van der Waals surface area contributed by atoms with Gasteiger partial charge in [0.15, 0.2) is 6.61 Å². The molecular formula is C20H22N2O4. The van der Waals surface area contributed by atoms with Crippen molar-refractivity contribution < 1.29 is 19.1 Å². The lowest BCUT2D eigenvalue weighted by atomic mass is 10.1. The molecule has 6 nitrogen and oxygen atoms in total. The van der Waals surface area contributed by atoms with Crippen molar-refractivity contribution in [3.8, 4) is 0 Å². The Morgan fingerprint density at radius 1 is 0.923 bits per heavy atom.